The van der Waals surface area contributed by atoms with Gasteiger partial charge in [-0.15, -0.1) is 0 Å². The second-order valence-electron chi connectivity index (χ2n) is 5.54. The highest BCUT2D eigenvalue weighted by Crippen LogP contribution is 2.31. The van der Waals surface area contributed by atoms with Gasteiger partial charge >= 0.3 is 0 Å². The fraction of sp³-hybridized carbons (Fsp3) is 0.533. The Hall–Kier alpha value is -0.940. The molecule has 1 aromatic carbocycles. The minimum Gasteiger partial charge on any atom is -0.381 e. The average Bonchev–Trinajstić information content (AvgIpc) is 3.12. The first-order valence-electron chi connectivity index (χ1n) is 6.99. The van der Waals surface area contributed by atoms with Gasteiger partial charge in [0.1, 0.15) is 5.82 Å². The molecule has 0 spiro atoms. The summed E-state index contributed by atoms with van der Waals surface area (Å²) in [6, 6.07) is 4.58. The summed E-state index contributed by atoms with van der Waals surface area (Å²) in [6.07, 6.45) is 3.15. The number of hydrogen-bond acceptors (Lipinski definition) is 2. The predicted octanol–water partition coefficient (Wildman–Crippen LogP) is 3.23. The Balaban J connectivity index is 1.77. The molecule has 1 unspecified atom stereocenters. The second-order valence-corrected chi connectivity index (χ2v) is 6.40. The minimum absolute atomic E-state index is 0.00808. The van der Waals surface area contributed by atoms with E-state index in [2.05, 4.69) is 15.9 Å². The number of nitrogens with zero attached hydrogens (tertiary/aromatic N) is 1. The van der Waals surface area contributed by atoms with E-state index in [-0.39, 0.29) is 11.7 Å². The van der Waals surface area contributed by atoms with E-state index >= 15 is 0 Å². The van der Waals surface area contributed by atoms with E-state index in [1.54, 1.807) is 6.07 Å². The van der Waals surface area contributed by atoms with E-state index in [4.69, 9.17) is 4.74 Å². The van der Waals surface area contributed by atoms with E-state index in [1.165, 1.54) is 12.1 Å². The third-order valence-electron chi connectivity index (χ3n) is 3.89. The summed E-state index contributed by atoms with van der Waals surface area (Å²) in [6.45, 7) is 2.27. The molecule has 1 heterocycles. The van der Waals surface area contributed by atoms with Gasteiger partial charge in [-0.05, 0) is 53.4 Å². The second kappa shape index (κ2) is 5.82. The van der Waals surface area contributed by atoms with Crippen LogP contribution in [0.15, 0.2) is 22.7 Å². The van der Waals surface area contributed by atoms with Crippen molar-refractivity contribution in [3.05, 3.63) is 34.1 Å². The highest BCUT2D eigenvalue weighted by molar-refractivity contribution is 9.10. The summed E-state index contributed by atoms with van der Waals surface area (Å²) in [5, 5.41) is 0. The smallest absolute Gasteiger partial charge is 0.255 e. The normalized spacial score (nSPS) is 22.0. The maximum Gasteiger partial charge on any atom is 0.255 e. The maximum atomic E-state index is 13.1. The molecule has 1 aliphatic carbocycles. The molecule has 1 amide bonds. The topological polar surface area (TPSA) is 29.5 Å². The Bertz CT molecular complexity index is 513. The van der Waals surface area contributed by atoms with E-state index in [9.17, 15) is 9.18 Å². The molecule has 0 N–H and O–H groups in total. The molecule has 5 heteroatoms. The van der Waals surface area contributed by atoms with Crippen LogP contribution in [0.4, 0.5) is 4.39 Å². The van der Waals surface area contributed by atoms with Gasteiger partial charge in [0.2, 0.25) is 0 Å². The van der Waals surface area contributed by atoms with Crippen molar-refractivity contribution in [2.75, 3.05) is 19.8 Å². The van der Waals surface area contributed by atoms with Gasteiger partial charge in [-0.1, -0.05) is 0 Å². The summed E-state index contributed by atoms with van der Waals surface area (Å²) in [5.74, 6) is 0.0839. The van der Waals surface area contributed by atoms with Crippen molar-refractivity contribution in [3.63, 3.8) is 0 Å². The number of rotatable bonds is 4. The number of benzene rings is 1. The lowest BCUT2D eigenvalue weighted by atomic mass is 10.1. The van der Waals surface area contributed by atoms with Crippen LogP contribution in [0.2, 0.25) is 0 Å². The number of carbonyl (C=O) groups is 1. The quantitative estimate of drug-likeness (QED) is 0.841. The van der Waals surface area contributed by atoms with Gasteiger partial charge in [0.05, 0.1) is 12.2 Å². The van der Waals surface area contributed by atoms with Crippen LogP contribution < -0.4 is 0 Å². The number of carbonyl (C=O) groups excluding carboxylic acids is 1. The number of amides is 1. The third kappa shape index (κ3) is 3.04. The molecule has 2 aliphatic rings. The van der Waals surface area contributed by atoms with Crippen LogP contribution in [0.5, 0.6) is 0 Å². The van der Waals surface area contributed by atoms with Crippen molar-refractivity contribution >= 4 is 21.8 Å². The van der Waals surface area contributed by atoms with Crippen molar-refractivity contribution in [2.24, 2.45) is 5.92 Å². The van der Waals surface area contributed by atoms with Crippen molar-refractivity contribution in [3.8, 4) is 0 Å². The Morgan fingerprint density at radius 2 is 2.20 bits per heavy atom. The SMILES string of the molecule is O=C(c1ccc(F)cc1Br)N(CC1CCOC1)C1CC1. The summed E-state index contributed by atoms with van der Waals surface area (Å²) in [7, 11) is 0. The van der Waals surface area contributed by atoms with Crippen molar-refractivity contribution in [1.82, 2.24) is 4.90 Å². The lowest BCUT2D eigenvalue weighted by Gasteiger charge is -2.25. The predicted molar refractivity (Wildman–Crippen MR) is 77.1 cm³/mol. The van der Waals surface area contributed by atoms with Gasteiger partial charge in [0.15, 0.2) is 0 Å². The van der Waals surface area contributed by atoms with Crippen LogP contribution in [0.1, 0.15) is 29.6 Å². The first kappa shape index (κ1) is 14.0. The van der Waals surface area contributed by atoms with Crippen molar-refractivity contribution in [1.29, 1.82) is 0 Å². The lowest BCUT2D eigenvalue weighted by Crippen LogP contribution is -2.37. The molecular formula is C15H17BrFNO2. The first-order valence-corrected chi connectivity index (χ1v) is 7.78. The van der Waals surface area contributed by atoms with Crippen LogP contribution in [-0.4, -0.2) is 36.6 Å². The number of hydrogen-bond donors (Lipinski definition) is 0. The van der Waals surface area contributed by atoms with Crippen LogP contribution in [0.3, 0.4) is 0 Å². The molecule has 1 aromatic rings. The third-order valence-corrected chi connectivity index (χ3v) is 4.55. The molecular weight excluding hydrogens is 325 g/mol. The zero-order valence-corrected chi connectivity index (χ0v) is 12.7. The average molecular weight is 342 g/mol. The van der Waals surface area contributed by atoms with Gasteiger partial charge < -0.3 is 9.64 Å². The van der Waals surface area contributed by atoms with E-state index in [1.807, 2.05) is 4.90 Å². The molecule has 1 atom stereocenters. The molecule has 0 radical (unpaired) electrons. The summed E-state index contributed by atoms with van der Waals surface area (Å²) in [4.78, 5) is 14.6. The van der Waals surface area contributed by atoms with Crippen molar-refractivity contribution < 1.29 is 13.9 Å². The molecule has 3 nitrogen and oxygen atoms in total. The molecule has 0 bridgehead atoms. The number of ether oxygens (including phenoxy) is 1. The van der Waals surface area contributed by atoms with Gasteiger partial charge in [-0.2, -0.15) is 0 Å². The molecule has 2 fully saturated rings. The van der Waals surface area contributed by atoms with Crippen LogP contribution in [0, 0.1) is 11.7 Å². The molecule has 20 heavy (non-hydrogen) atoms. The fourth-order valence-electron chi connectivity index (χ4n) is 2.61. The highest BCUT2D eigenvalue weighted by atomic mass is 79.9. The first-order chi connectivity index (χ1) is 9.65. The van der Waals surface area contributed by atoms with Gasteiger partial charge in [-0.3, -0.25) is 4.79 Å². The van der Waals surface area contributed by atoms with Crippen LogP contribution >= 0.6 is 15.9 Å². The molecule has 3 rings (SSSR count). The zero-order valence-electron chi connectivity index (χ0n) is 11.1. The molecule has 1 saturated carbocycles. The maximum absolute atomic E-state index is 13.1. The summed E-state index contributed by atoms with van der Waals surface area (Å²) in [5.41, 5.74) is 0.539. The minimum atomic E-state index is -0.337. The standard InChI is InChI=1S/C15H17BrFNO2/c16-14-7-11(17)1-4-13(14)15(19)18(12-2-3-12)8-10-5-6-20-9-10/h1,4,7,10,12H,2-3,5-6,8-9H2. The molecule has 0 aromatic heterocycles. The van der Waals surface area contributed by atoms with E-state index in [0.717, 1.165) is 39.0 Å². The van der Waals surface area contributed by atoms with Crippen molar-refractivity contribution in [2.45, 2.75) is 25.3 Å². The Morgan fingerprint density at radius 3 is 2.80 bits per heavy atom. The monoisotopic (exact) mass is 341 g/mol. The Labute approximate surface area is 126 Å². The number of halogens is 2. The highest BCUT2D eigenvalue weighted by Gasteiger charge is 2.35. The fourth-order valence-corrected chi connectivity index (χ4v) is 3.13. The zero-order chi connectivity index (χ0) is 14.1. The van der Waals surface area contributed by atoms with E-state index in [0.29, 0.717) is 22.0 Å². The largest absolute Gasteiger partial charge is 0.381 e. The van der Waals surface area contributed by atoms with Crippen LogP contribution in [0.25, 0.3) is 0 Å². The van der Waals surface area contributed by atoms with Gasteiger partial charge in [0, 0.05) is 29.6 Å². The summed E-state index contributed by atoms with van der Waals surface area (Å²) >= 11 is 3.29. The lowest BCUT2D eigenvalue weighted by molar-refractivity contribution is 0.0705. The summed E-state index contributed by atoms with van der Waals surface area (Å²) < 4.78 is 19.0. The van der Waals surface area contributed by atoms with Crippen LogP contribution in [-0.2, 0) is 4.74 Å². The Morgan fingerprint density at radius 1 is 1.40 bits per heavy atom. The molecule has 1 saturated heterocycles. The Kier molecular flexibility index (Phi) is 4.08. The van der Waals surface area contributed by atoms with Gasteiger partial charge in [-0.25, -0.2) is 4.39 Å². The molecule has 1 aliphatic heterocycles. The van der Waals surface area contributed by atoms with E-state index < -0.39 is 0 Å². The molecule has 108 valence electrons. The van der Waals surface area contributed by atoms with Gasteiger partial charge in [0.25, 0.3) is 5.91 Å².